The Hall–Kier alpha value is -1.18. The zero-order valence-electron chi connectivity index (χ0n) is 12.3. The van der Waals surface area contributed by atoms with Crippen LogP contribution < -0.4 is 4.90 Å². The van der Waals surface area contributed by atoms with Crippen LogP contribution in [-0.2, 0) is 16.0 Å². The summed E-state index contributed by atoms with van der Waals surface area (Å²) >= 11 is 0. The number of rotatable bonds is 3. The van der Waals surface area contributed by atoms with Gasteiger partial charge in [0.1, 0.15) is 5.60 Å². The lowest BCUT2D eigenvalue weighted by Crippen LogP contribution is -2.55. The summed E-state index contributed by atoms with van der Waals surface area (Å²) in [6.07, 6.45) is 1.15. The van der Waals surface area contributed by atoms with Gasteiger partial charge in [0.25, 0.3) is 5.95 Å². The normalized spacial score (nSPS) is 31.1. The quantitative estimate of drug-likeness (QED) is 0.800. The highest BCUT2D eigenvalue weighted by Crippen LogP contribution is 2.30. The first-order chi connectivity index (χ1) is 9.56. The fourth-order valence-electron chi connectivity index (χ4n) is 2.95. The molecule has 1 spiro atoms. The highest BCUT2D eigenvalue weighted by Gasteiger charge is 2.42. The molecule has 20 heavy (non-hydrogen) atoms. The van der Waals surface area contributed by atoms with E-state index < -0.39 is 0 Å². The van der Waals surface area contributed by atoms with Crippen molar-refractivity contribution in [3.05, 3.63) is 5.89 Å². The van der Waals surface area contributed by atoms with Crippen LogP contribution in [0.3, 0.4) is 0 Å². The van der Waals surface area contributed by atoms with E-state index in [4.69, 9.17) is 14.0 Å². The largest absolute Gasteiger partial charge is 0.378 e. The predicted octanol–water partition coefficient (Wildman–Crippen LogP) is 0.515. The molecule has 0 aromatic carbocycles. The first-order valence-electron chi connectivity index (χ1n) is 7.04. The van der Waals surface area contributed by atoms with Crippen LogP contribution in [0.4, 0.5) is 5.95 Å². The van der Waals surface area contributed by atoms with Crippen LogP contribution in [0.25, 0.3) is 0 Å². The maximum atomic E-state index is 6.10. The van der Waals surface area contributed by atoms with E-state index in [2.05, 4.69) is 22.0 Å². The van der Waals surface area contributed by atoms with Crippen LogP contribution in [0.5, 0.6) is 0 Å². The summed E-state index contributed by atoms with van der Waals surface area (Å²) in [4.78, 5) is 8.53. The van der Waals surface area contributed by atoms with Crippen LogP contribution in [-0.4, -0.2) is 67.1 Å². The van der Waals surface area contributed by atoms with Crippen molar-refractivity contribution < 1.29 is 14.0 Å². The molecule has 0 unspecified atom stereocenters. The van der Waals surface area contributed by atoms with Crippen LogP contribution in [0.2, 0.25) is 0 Å². The van der Waals surface area contributed by atoms with Crippen molar-refractivity contribution in [1.29, 1.82) is 0 Å². The minimum absolute atomic E-state index is 0.151. The van der Waals surface area contributed by atoms with Crippen LogP contribution in [0.15, 0.2) is 4.52 Å². The third-order valence-electron chi connectivity index (χ3n) is 3.76. The lowest BCUT2D eigenvalue weighted by molar-refractivity contribution is -0.150. The van der Waals surface area contributed by atoms with E-state index in [-0.39, 0.29) is 11.7 Å². The number of ether oxygens (including phenoxy) is 2. The molecule has 2 atom stereocenters. The molecule has 0 N–H and O–H groups in total. The Morgan fingerprint density at radius 1 is 1.45 bits per heavy atom. The highest BCUT2D eigenvalue weighted by atomic mass is 16.6. The van der Waals surface area contributed by atoms with Gasteiger partial charge in [-0.2, -0.15) is 4.98 Å². The van der Waals surface area contributed by atoms with Crippen molar-refractivity contribution in [1.82, 2.24) is 15.0 Å². The molecule has 2 aliphatic rings. The monoisotopic (exact) mass is 282 g/mol. The second kappa shape index (κ2) is 5.31. The van der Waals surface area contributed by atoms with Gasteiger partial charge in [0.2, 0.25) is 5.89 Å². The molecule has 0 saturated carbocycles. The third kappa shape index (κ3) is 2.79. The van der Waals surface area contributed by atoms with Gasteiger partial charge in [0.15, 0.2) is 0 Å². The van der Waals surface area contributed by atoms with Gasteiger partial charge in [-0.05, 0) is 12.1 Å². The van der Waals surface area contributed by atoms with Crippen LogP contribution in [0, 0.1) is 0 Å². The van der Waals surface area contributed by atoms with Gasteiger partial charge in [-0.25, -0.2) is 0 Å². The van der Waals surface area contributed by atoms with E-state index in [1.165, 1.54) is 0 Å². The number of hydrogen-bond donors (Lipinski definition) is 0. The molecular formula is C13H22N4O3. The molecule has 0 aliphatic carbocycles. The molecule has 3 heterocycles. The lowest BCUT2D eigenvalue weighted by atomic mass is 9.99. The second-order valence-electron chi connectivity index (χ2n) is 5.97. The molecule has 0 radical (unpaired) electrons. The summed E-state index contributed by atoms with van der Waals surface area (Å²) in [7, 11) is 3.80. The maximum Gasteiger partial charge on any atom is 0.265 e. The summed E-state index contributed by atoms with van der Waals surface area (Å²) in [6.45, 7) is 5.96. The summed E-state index contributed by atoms with van der Waals surface area (Å²) < 4.78 is 16.9. The van der Waals surface area contributed by atoms with Gasteiger partial charge in [-0.15, -0.1) is 0 Å². The summed E-state index contributed by atoms with van der Waals surface area (Å²) in [5, 5.41) is 3.95. The molecule has 0 amide bonds. The standard InChI is InChI=1S/C13H22N4O3/c1-10-6-17(8-13(19-10)4-5-18-9-13)7-11-14-12(15-20-11)16(2)3/h10H,4-9H2,1-3H3/t10-,13+/m0/s1. The van der Waals surface area contributed by atoms with Gasteiger partial charge in [-0.3, -0.25) is 4.90 Å². The molecule has 7 heteroatoms. The molecule has 7 nitrogen and oxygen atoms in total. The Balaban J connectivity index is 1.66. The molecule has 1 aromatic rings. The molecule has 0 bridgehead atoms. The van der Waals surface area contributed by atoms with Crippen molar-refractivity contribution in [2.45, 2.75) is 31.6 Å². The molecular weight excluding hydrogens is 260 g/mol. The first-order valence-corrected chi connectivity index (χ1v) is 7.04. The Morgan fingerprint density at radius 3 is 2.95 bits per heavy atom. The molecule has 2 saturated heterocycles. The lowest BCUT2D eigenvalue weighted by Gasteiger charge is -2.42. The third-order valence-corrected chi connectivity index (χ3v) is 3.76. The van der Waals surface area contributed by atoms with E-state index in [1.807, 2.05) is 19.0 Å². The van der Waals surface area contributed by atoms with E-state index in [0.717, 1.165) is 26.1 Å². The van der Waals surface area contributed by atoms with Gasteiger partial charge in [0.05, 0.1) is 19.3 Å². The summed E-state index contributed by atoms with van der Waals surface area (Å²) in [5.41, 5.74) is -0.151. The highest BCUT2D eigenvalue weighted by molar-refractivity contribution is 5.23. The van der Waals surface area contributed by atoms with E-state index in [0.29, 0.717) is 25.0 Å². The van der Waals surface area contributed by atoms with Crippen molar-refractivity contribution in [2.24, 2.45) is 0 Å². The second-order valence-corrected chi connectivity index (χ2v) is 5.97. The Morgan fingerprint density at radius 2 is 2.30 bits per heavy atom. The SMILES string of the molecule is C[C@H]1CN(Cc2nc(N(C)C)no2)C[C@@]2(CCOC2)O1. The van der Waals surface area contributed by atoms with Gasteiger partial charge in [-0.1, -0.05) is 0 Å². The number of morpholine rings is 1. The molecule has 3 rings (SSSR count). The van der Waals surface area contributed by atoms with Gasteiger partial charge < -0.3 is 18.9 Å². The molecule has 2 fully saturated rings. The summed E-state index contributed by atoms with van der Waals surface area (Å²) in [5.74, 6) is 1.26. The number of nitrogens with zero attached hydrogens (tertiary/aromatic N) is 4. The van der Waals surface area contributed by atoms with E-state index in [1.54, 1.807) is 0 Å². The van der Waals surface area contributed by atoms with Crippen LogP contribution in [0.1, 0.15) is 19.2 Å². The zero-order chi connectivity index (χ0) is 14.2. The Bertz CT molecular complexity index is 456. The van der Waals surface area contributed by atoms with Gasteiger partial charge >= 0.3 is 0 Å². The molecule has 1 aromatic heterocycles. The smallest absolute Gasteiger partial charge is 0.265 e. The Kier molecular flexibility index (Phi) is 3.66. The number of hydrogen-bond acceptors (Lipinski definition) is 7. The topological polar surface area (TPSA) is 63.9 Å². The fourth-order valence-corrected chi connectivity index (χ4v) is 2.95. The maximum absolute atomic E-state index is 6.10. The van der Waals surface area contributed by atoms with Crippen LogP contribution >= 0.6 is 0 Å². The number of aromatic nitrogens is 2. The summed E-state index contributed by atoms with van der Waals surface area (Å²) in [6, 6.07) is 0. The minimum atomic E-state index is -0.151. The first kappa shape index (κ1) is 13.8. The van der Waals surface area contributed by atoms with Crippen molar-refractivity contribution in [3.63, 3.8) is 0 Å². The van der Waals surface area contributed by atoms with Gasteiger partial charge in [0, 0.05) is 40.2 Å². The molecule has 112 valence electrons. The van der Waals surface area contributed by atoms with Crippen molar-refractivity contribution in [2.75, 3.05) is 45.3 Å². The average Bonchev–Trinajstić information content (AvgIpc) is 2.98. The zero-order valence-corrected chi connectivity index (χ0v) is 12.3. The predicted molar refractivity (Wildman–Crippen MR) is 72.6 cm³/mol. The Labute approximate surface area is 118 Å². The molecule has 2 aliphatic heterocycles. The number of anilines is 1. The van der Waals surface area contributed by atoms with E-state index in [9.17, 15) is 0 Å². The van der Waals surface area contributed by atoms with E-state index >= 15 is 0 Å². The van der Waals surface area contributed by atoms with Crippen molar-refractivity contribution in [3.8, 4) is 0 Å². The van der Waals surface area contributed by atoms with Crippen molar-refractivity contribution >= 4 is 5.95 Å². The average molecular weight is 282 g/mol. The minimum Gasteiger partial charge on any atom is -0.378 e. The fraction of sp³-hybridized carbons (Fsp3) is 0.846.